The quantitative estimate of drug-likeness (QED) is 0.691. The van der Waals surface area contributed by atoms with Crippen LogP contribution in [0.4, 0.5) is 0 Å². The second-order valence-electron chi connectivity index (χ2n) is 5.00. The first-order chi connectivity index (χ1) is 6.31. The van der Waals surface area contributed by atoms with E-state index in [4.69, 9.17) is 4.74 Å². The molecule has 0 heterocycles. The van der Waals surface area contributed by atoms with Crippen molar-refractivity contribution in [3.8, 4) is 0 Å². The van der Waals surface area contributed by atoms with Gasteiger partial charge in [0.15, 0.2) is 0 Å². The van der Waals surface area contributed by atoms with Crippen LogP contribution in [-0.4, -0.2) is 24.7 Å². The lowest BCUT2D eigenvalue weighted by molar-refractivity contribution is -0.144. The number of nitrogens with one attached hydrogen (secondary N) is 1. The molecule has 0 saturated heterocycles. The molecule has 0 spiro atoms. The minimum atomic E-state index is -0.115. The van der Waals surface area contributed by atoms with Gasteiger partial charge in [0.25, 0.3) is 0 Å². The molecular formula is C11H23NO2. The average Bonchev–Trinajstić information content (AvgIpc) is 1.98. The van der Waals surface area contributed by atoms with Gasteiger partial charge in [0, 0.05) is 12.1 Å². The molecule has 14 heavy (non-hydrogen) atoms. The number of carbonyl (C=O) groups is 1. The molecule has 3 heteroatoms. The van der Waals surface area contributed by atoms with E-state index >= 15 is 0 Å². The van der Waals surface area contributed by atoms with E-state index in [1.165, 1.54) is 0 Å². The van der Waals surface area contributed by atoms with Crippen LogP contribution >= 0.6 is 0 Å². The van der Waals surface area contributed by atoms with Crippen molar-refractivity contribution in [1.82, 2.24) is 5.32 Å². The molecule has 0 aromatic rings. The van der Waals surface area contributed by atoms with Gasteiger partial charge in [-0.3, -0.25) is 4.79 Å². The molecule has 0 amide bonds. The number of hydrogen-bond donors (Lipinski definition) is 1. The lowest BCUT2D eigenvalue weighted by Crippen LogP contribution is -2.37. The Bertz CT molecular complexity index is 171. The number of rotatable bonds is 5. The van der Waals surface area contributed by atoms with Crippen molar-refractivity contribution in [2.75, 3.05) is 13.2 Å². The maximum Gasteiger partial charge on any atom is 0.307 e. The maximum atomic E-state index is 11.2. The predicted octanol–water partition coefficient (Wildman–Crippen LogP) is 1.96. The van der Waals surface area contributed by atoms with E-state index in [2.05, 4.69) is 26.1 Å². The Hall–Kier alpha value is -0.570. The normalized spacial score (nSPS) is 11.9. The van der Waals surface area contributed by atoms with Gasteiger partial charge in [-0.1, -0.05) is 13.8 Å². The van der Waals surface area contributed by atoms with E-state index in [1.807, 2.05) is 13.8 Å². The monoisotopic (exact) mass is 201 g/mol. The molecule has 84 valence electrons. The molecule has 0 aromatic carbocycles. The fraction of sp³-hybridized carbons (Fsp3) is 0.909. The van der Waals surface area contributed by atoms with Crippen molar-refractivity contribution in [2.24, 2.45) is 5.92 Å². The van der Waals surface area contributed by atoms with Crippen molar-refractivity contribution < 1.29 is 9.53 Å². The smallest absolute Gasteiger partial charge is 0.307 e. The van der Waals surface area contributed by atoms with Crippen LogP contribution in [0.25, 0.3) is 0 Å². The van der Waals surface area contributed by atoms with Crippen LogP contribution in [0, 0.1) is 5.92 Å². The molecular weight excluding hydrogens is 178 g/mol. The SMILES string of the molecule is CC(C)COC(=O)CCNC(C)(C)C. The molecule has 0 saturated carbocycles. The van der Waals surface area contributed by atoms with Crippen LogP contribution in [0.1, 0.15) is 41.0 Å². The second kappa shape index (κ2) is 6.02. The first-order valence-electron chi connectivity index (χ1n) is 5.22. The largest absolute Gasteiger partial charge is 0.465 e. The number of esters is 1. The first kappa shape index (κ1) is 13.4. The fourth-order valence-electron chi connectivity index (χ4n) is 0.871. The summed E-state index contributed by atoms with van der Waals surface area (Å²) in [5.41, 5.74) is 0.0678. The summed E-state index contributed by atoms with van der Waals surface area (Å²) in [7, 11) is 0. The van der Waals surface area contributed by atoms with Crippen molar-refractivity contribution in [3.63, 3.8) is 0 Å². The summed E-state index contributed by atoms with van der Waals surface area (Å²) in [4.78, 5) is 11.2. The van der Waals surface area contributed by atoms with Crippen molar-refractivity contribution >= 4 is 5.97 Å². The van der Waals surface area contributed by atoms with Crippen LogP contribution in [0.3, 0.4) is 0 Å². The van der Waals surface area contributed by atoms with E-state index in [0.717, 1.165) is 0 Å². The average molecular weight is 201 g/mol. The summed E-state index contributed by atoms with van der Waals surface area (Å²) >= 11 is 0. The van der Waals surface area contributed by atoms with Gasteiger partial charge in [-0.25, -0.2) is 0 Å². The summed E-state index contributed by atoms with van der Waals surface area (Å²) < 4.78 is 5.04. The van der Waals surface area contributed by atoms with Gasteiger partial charge in [-0.2, -0.15) is 0 Å². The molecule has 0 aliphatic rings. The number of carbonyl (C=O) groups excluding carboxylic acids is 1. The van der Waals surface area contributed by atoms with Crippen LogP contribution in [0.2, 0.25) is 0 Å². The lowest BCUT2D eigenvalue weighted by Gasteiger charge is -2.20. The van der Waals surface area contributed by atoms with E-state index in [-0.39, 0.29) is 11.5 Å². The highest BCUT2D eigenvalue weighted by atomic mass is 16.5. The highest BCUT2D eigenvalue weighted by Gasteiger charge is 2.10. The maximum absolute atomic E-state index is 11.2. The highest BCUT2D eigenvalue weighted by Crippen LogP contribution is 1.99. The molecule has 0 rings (SSSR count). The Morgan fingerprint density at radius 2 is 1.93 bits per heavy atom. The number of hydrogen-bond acceptors (Lipinski definition) is 3. The highest BCUT2D eigenvalue weighted by molar-refractivity contribution is 5.69. The first-order valence-corrected chi connectivity index (χ1v) is 5.22. The molecule has 0 unspecified atom stereocenters. The topological polar surface area (TPSA) is 38.3 Å². The van der Waals surface area contributed by atoms with Gasteiger partial charge in [-0.05, 0) is 26.7 Å². The molecule has 1 N–H and O–H groups in total. The van der Waals surface area contributed by atoms with Crippen molar-refractivity contribution in [2.45, 2.75) is 46.6 Å². The second-order valence-corrected chi connectivity index (χ2v) is 5.00. The van der Waals surface area contributed by atoms with Crippen LogP contribution in [-0.2, 0) is 9.53 Å². The molecule has 0 fully saturated rings. The van der Waals surface area contributed by atoms with Gasteiger partial charge in [0.05, 0.1) is 13.0 Å². The van der Waals surface area contributed by atoms with Crippen molar-refractivity contribution in [3.05, 3.63) is 0 Å². The zero-order valence-electron chi connectivity index (χ0n) is 10.0. The molecule has 0 aliphatic carbocycles. The molecule has 3 nitrogen and oxygen atoms in total. The third kappa shape index (κ3) is 9.52. The Morgan fingerprint density at radius 1 is 1.36 bits per heavy atom. The standard InChI is InChI=1S/C11H23NO2/c1-9(2)8-14-10(13)6-7-12-11(3,4)5/h9,12H,6-8H2,1-5H3. The van der Waals surface area contributed by atoms with Crippen LogP contribution in [0.5, 0.6) is 0 Å². The van der Waals surface area contributed by atoms with Crippen LogP contribution < -0.4 is 5.32 Å². The zero-order chi connectivity index (χ0) is 11.2. The minimum Gasteiger partial charge on any atom is -0.465 e. The molecule has 0 aliphatic heterocycles. The fourth-order valence-corrected chi connectivity index (χ4v) is 0.871. The summed E-state index contributed by atoms with van der Waals surface area (Å²) in [6.45, 7) is 11.5. The Kier molecular flexibility index (Phi) is 5.77. The summed E-state index contributed by atoms with van der Waals surface area (Å²) in [5, 5.41) is 3.24. The van der Waals surface area contributed by atoms with Gasteiger partial charge in [-0.15, -0.1) is 0 Å². The Morgan fingerprint density at radius 3 is 2.36 bits per heavy atom. The Balaban J connectivity index is 3.46. The summed E-state index contributed by atoms with van der Waals surface area (Å²) in [5.74, 6) is 0.296. The molecule has 0 radical (unpaired) electrons. The lowest BCUT2D eigenvalue weighted by atomic mass is 10.1. The van der Waals surface area contributed by atoms with E-state index in [9.17, 15) is 4.79 Å². The third-order valence-corrected chi connectivity index (χ3v) is 1.56. The van der Waals surface area contributed by atoms with E-state index in [1.54, 1.807) is 0 Å². The Labute approximate surface area is 87.2 Å². The van der Waals surface area contributed by atoms with E-state index < -0.39 is 0 Å². The number of ether oxygens (including phenoxy) is 1. The summed E-state index contributed by atoms with van der Waals surface area (Å²) in [6, 6.07) is 0. The zero-order valence-corrected chi connectivity index (χ0v) is 10.0. The van der Waals surface area contributed by atoms with Gasteiger partial charge >= 0.3 is 5.97 Å². The third-order valence-electron chi connectivity index (χ3n) is 1.56. The minimum absolute atomic E-state index is 0.0678. The molecule has 0 atom stereocenters. The predicted molar refractivity (Wildman–Crippen MR) is 58.2 cm³/mol. The van der Waals surface area contributed by atoms with Crippen molar-refractivity contribution in [1.29, 1.82) is 0 Å². The molecule has 0 bridgehead atoms. The summed E-state index contributed by atoms with van der Waals surface area (Å²) in [6.07, 6.45) is 0.448. The van der Waals surface area contributed by atoms with Gasteiger partial charge in [0.1, 0.15) is 0 Å². The van der Waals surface area contributed by atoms with Gasteiger partial charge in [0.2, 0.25) is 0 Å². The molecule has 0 aromatic heterocycles. The van der Waals surface area contributed by atoms with Gasteiger partial charge < -0.3 is 10.1 Å². The van der Waals surface area contributed by atoms with Crippen LogP contribution in [0.15, 0.2) is 0 Å². The van der Waals surface area contributed by atoms with E-state index in [0.29, 0.717) is 25.5 Å².